The van der Waals surface area contributed by atoms with E-state index in [2.05, 4.69) is 16.8 Å². The SMILES string of the molecule is CC[C@@H](NC(=O)c1cc2n3c1COCC3[C@H]1CC[C@H](COC)N1C2=O)c1ccccc1. The van der Waals surface area contributed by atoms with E-state index in [1.165, 1.54) is 0 Å². The van der Waals surface area contributed by atoms with Gasteiger partial charge in [-0.15, -0.1) is 0 Å². The number of methoxy groups -OCH3 is 1. The molecule has 5 rings (SSSR count). The van der Waals surface area contributed by atoms with Crippen molar-refractivity contribution in [3.63, 3.8) is 0 Å². The summed E-state index contributed by atoms with van der Waals surface area (Å²) in [4.78, 5) is 28.7. The van der Waals surface area contributed by atoms with Gasteiger partial charge in [0, 0.05) is 7.11 Å². The van der Waals surface area contributed by atoms with E-state index in [9.17, 15) is 9.59 Å². The lowest BCUT2D eigenvalue weighted by Crippen LogP contribution is -2.53. The first-order valence-electron chi connectivity index (χ1n) is 11.1. The van der Waals surface area contributed by atoms with Crippen LogP contribution >= 0.6 is 0 Å². The zero-order valence-electron chi connectivity index (χ0n) is 18.0. The van der Waals surface area contributed by atoms with Gasteiger partial charge in [-0.1, -0.05) is 37.3 Å². The first-order valence-corrected chi connectivity index (χ1v) is 11.1. The maximum atomic E-state index is 13.4. The molecule has 2 aromatic rings. The third-order valence-electron chi connectivity index (χ3n) is 6.96. The molecule has 0 saturated carbocycles. The van der Waals surface area contributed by atoms with Gasteiger partial charge < -0.3 is 24.3 Å². The van der Waals surface area contributed by atoms with E-state index in [0.29, 0.717) is 31.1 Å². The zero-order chi connectivity index (χ0) is 21.5. The van der Waals surface area contributed by atoms with E-state index in [1.807, 2.05) is 35.2 Å². The predicted octanol–water partition coefficient (Wildman–Crippen LogP) is 3.07. The normalized spacial score (nSPS) is 25.2. The highest BCUT2D eigenvalue weighted by Gasteiger charge is 2.49. The molecule has 3 aliphatic rings. The van der Waals surface area contributed by atoms with Crippen molar-refractivity contribution in [2.45, 2.75) is 57.0 Å². The van der Waals surface area contributed by atoms with Gasteiger partial charge in [0.1, 0.15) is 5.69 Å². The number of nitrogens with zero attached hydrogens (tertiary/aromatic N) is 2. The average molecular weight is 424 g/mol. The van der Waals surface area contributed by atoms with Crippen LogP contribution in [0.5, 0.6) is 0 Å². The first-order chi connectivity index (χ1) is 15.1. The minimum Gasteiger partial charge on any atom is -0.383 e. The van der Waals surface area contributed by atoms with Crippen molar-refractivity contribution in [2.75, 3.05) is 20.3 Å². The number of aromatic nitrogens is 1. The molecule has 0 aliphatic carbocycles. The summed E-state index contributed by atoms with van der Waals surface area (Å²) in [6, 6.07) is 11.9. The molecule has 7 heteroatoms. The fraction of sp³-hybridized carbons (Fsp3) is 0.500. The Labute approximate surface area is 182 Å². The van der Waals surface area contributed by atoms with Crippen molar-refractivity contribution in [3.8, 4) is 0 Å². The van der Waals surface area contributed by atoms with Crippen molar-refractivity contribution in [3.05, 3.63) is 58.9 Å². The molecule has 31 heavy (non-hydrogen) atoms. The fourth-order valence-corrected chi connectivity index (χ4v) is 5.52. The number of carbonyl (C=O) groups excluding carboxylic acids is 2. The van der Waals surface area contributed by atoms with Gasteiger partial charge in [0.05, 0.1) is 55.2 Å². The van der Waals surface area contributed by atoms with Crippen LogP contribution in [0, 0.1) is 0 Å². The third kappa shape index (κ3) is 3.27. The van der Waals surface area contributed by atoms with Crippen molar-refractivity contribution in [1.82, 2.24) is 14.8 Å². The van der Waals surface area contributed by atoms with Gasteiger partial charge in [0.25, 0.3) is 11.8 Å². The lowest BCUT2D eigenvalue weighted by molar-refractivity contribution is 0.000584. The topological polar surface area (TPSA) is 72.8 Å². The lowest BCUT2D eigenvalue weighted by Gasteiger charge is -2.43. The molecule has 1 fully saturated rings. The largest absolute Gasteiger partial charge is 0.383 e. The molecule has 7 nitrogen and oxygen atoms in total. The second-order valence-corrected chi connectivity index (χ2v) is 8.65. The van der Waals surface area contributed by atoms with Crippen molar-refractivity contribution < 1.29 is 19.1 Å². The van der Waals surface area contributed by atoms with E-state index < -0.39 is 0 Å². The van der Waals surface area contributed by atoms with Crippen LogP contribution in [0.3, 0.4) is 0 Å². The Bertz CT molecular complexity index is 986. The molecule has 4 heterocycles. The average Bonchev–Trinajstić information content (AvgIpc) is 3.40. The Hall–Kier alpha value is -2.64. The maximum absolute atomic E-state index is 13.4. The molecular weight excluding hydrogens is 394 g/mol. The highest BCUT2D eigenvalue weighted by Crippen LogP contribution is 2.42. The van der Waals surface area contributed by atoms with Crippen LogP contribution in [-0.4, -0.2) is 53.7 Å². The van der Waals surface area contributed by atoms with E-state index in [0.717, 1.165) is 30.5 Å². The van der Waals surface area contributed by atoms with Gasteiger partial charge in [0.2, 0.25) is 0 Å². The molecule has 1 aromatic carbocycles. The summed E-state index contributed by atoms with van der Waals surface area (Å²) in [5, 5.41) is 3.16. The minimum absolute atomic E-state index is 0.00176. The molecule has 0 radical (unpaired) electrons. The number of fused-ring (bicyclic) bond motifs is 2. The fourth-order valence-electron chi connectivity index (χ4n) is 5.52. The van der Waals surface area contributed by atoms with Crippen LogP contribution in [0.15, 0.2) is 36.4 Å². The molecule has 1 unspecified atom stereocenters. The molecule has 4 atom stereocenters. The number of nitrogens with one attached hydrogen (secondary N) is 1. The van der Waals surface area contributed by atoms with Gasteiger partial charge in [0.15, 0.2) is 0 Å². The molecule has 3 aliphatic heterocycles. The van der Waals surface area contributed by atoms with E-state index >= 15 is 0 Å². The monoisotopic (exact) mass is 423 g/mol. The molecule has 1 aromatic heterocycles. The van der Waals surface area contributed by atoms with Crippen LogP contribution in [0.1, 0.15) is 70.4 Å². The summed E-state index contributed by atoms with van der Waals surface area (Å²) in [5.41, 5.74) is 3.03. The van der Waals surface area contributed by atoms with Crippen LogP contribution in [-0.2, 0) is 16.1 Å². The molecule has 1 saturated heterocycles. The molecule has 0 bridgehead atoms. The number of ether oxygens (including phenoxy) is 2. The standard InChI is InChI=1S/C24H29N3O4/c1-3-18(15-7-5-4-6-8-15)25-23(28)17-11-20-24(29)26-16(12-30-2)9-10-19(26)22-14-31-13-21(17)27(20)22/h4-8,11,16,18-19,22H,3,9-10,12-14H2,1-2H3,(H,25,28)/t16-,18-,19-,22?/m1/s1. The highest BCUT2D eigenvalue weighted by molar-refractivity contribution is 6.01. The maximum Gasteiger partial charge on any atom is 0.271 e. The lowest BCUT2D eigenvalue weighted by atomic mass is 10.0. The van der Waals surface area contributed by atoms with E-state index in [-0.39, 0.29) is 36.0 Å². The minimum atomic E-state index is -0.154. The third-order valence-corrected chi connectivity index (χ3v) is 6.96. The van der Waals surface area contributed by atoms with Crippen LogP contribution in [0.2, 0.25) is 0 Å². The second kappa shape index (κ2) is 8.13. The highest BCUT2D eigenvalue weighted by atomic mass is 16.5. The number of hydrogen-bond donors (Lipinski definition) is 1. The Morgan fingerprint density at radius 1 is 1.26 bits per heavy atom. The smallest absolute Gasteiger partial charge is 0.271 e. The number of benzene rings is 1. The molecule has 164 valence electrons. The second-order valence-electron chi connectivity index (χ2n) is 8.65. The van der Waals surface area contributed by atoms with Gasteiger partial charge >= 0.3 is 0 Å². The summed E-state index contributed by atoms with van der Waals surface area (Å²) in [5.74, 6) is -0.156. The molecule has 0 spiro atoms. The van der Waals surface area contributed by atoms with Gasteiger partial charge in [-0.2, -0.15) is 0 Å². The number of hydrogen-bond acceptors (Lipinski definition) is 4. The first kappa shape index (κ1) is 20.3. The Morgan fingerprint density at radius 3 is 2.81 bits per heavy atom. The summed E-state index contributed by atoms with van der Waals surface area (Å²) in [6.07, 6.45) is 2.65. The van der Waals surface area contributed by atoms with Crippen molar-refractivity contribution in [1.29, 1.82) is 0 Å². The summed E-state index contributed by atoms with van der Waals surface area (Å²) >= 11 is 0. The predicted molar refractivity (Wildman–Crippen MR) is 115 cm³/mol. The Balaban J connectivity index is 1.48. The van der Waals surface area contributed by atoms with Crippen LogP contribution < -0.4 is 5.32 Å². The van der Waals surface area contributed by atoms with Crippen LogP contribution in [0.4, 0.5) is 0 Å². The van der Waals surface area contributed by atoms with E-state index in [4.69, 9.17) is 9.47 Å². The molecular formula is C24H29N3O4. The molecule has 2 amide bonds. The Kier molecular flexibility index (Phi) is 5.32. The van der Waals surface area contributed by atoms with Crippen molar-refractivity contribution >= 4 is 11.8 Å². The van der Waals surface area contributed by atoms with E-state index in [1.54, 1.807) is 13.2 Å². The van der Waals surface area contributed by atoms with Crippen molar-refractivity contribution in [2.24, 2.45) is 0 Å². The summed E-state index contributed by atoms with van der Waals surface area (Å²) < 4.78 is 13.4. The Morgan fingerprint density at radius 2 is 2.06 bits per heavy atom. The van der Waals surface area contributed by atoms with Gasteiger partial charge in [-0.25, -0.2) is 0 Å². The molecule has 1 N–H and O–H groups in total. The van der Waals surface area contributed by atoms with Gasteiger partial charge in [-0.05, 0) is 30.9 Å². The quantitative estimate of drug-likeness (QED) is 0.775. The number of rotatable bonds is 6. The summed E-state index contributed by atoms with van der Waals surface area (Å²) in [7, 11) is 1.67. The number of amides is 2. The summed E-state index contributed by atoms with van der Waals surface area (Å²) in [6.45, 7) is 3.50. The van der Waals surface area contributed by atoms with Gasteiger partial charge in [-0.3, -0.25) is 9.59 Å². The van der Waals surface area contributed by atoms with Crippen LogP contribution in [0.25, 0.3) is 0 Å². The number of carbonyl (C=O) groups is 2. The zero-order valence-corrected chi connectivity index (χ0v) is 18.0.